The number of benzene rings is 3. The van der Waals surface area contributed by atoms with Gasteiger partial charge in [0.15, 0.2) is 6.61 Å². The number of anilines is 1. The molecule has 6 nitrogen and oxygen atoms in total. The Labute approximate surface area is 180 Å². The number of sulfonamides is 1. The van der Waals surface area contributed by atoms with E-state index in [1.807, 2.05) is 30.3 Å². The summed E-state index contributed by atoms with van der Waals surface area (Å²) in [7, 11) is -3.70. The van der Waals surface area contributed by atoms with Crippen molar-refractivity contribution in [2.75, 3.05) is 11.9 Å². The van der Waals surface area contributed by atoms with Crippen molar-refractivity contribution in [3.05, 3.63) is 89.4 Å². The minimum absolute atomic E-state index is 0.114. The molecule has 1 atom stereocenters. The van der Waals surface area contributed by atoms with E-state index in [4.69, 9.17) is 16.3 Å². The van der Waals surface area contributed by atoms with E-state index in [0.717, 1.165) is 5.56 Å². The summed E-state index contributed by atoms with van der Waals surface area (Å²) in [6.45, 7) is 1.57. The van der Waals surface area contributed by atoms with Crippen molar-refractivity contribution in [1.29, 1.82) is 0 Å². The van der Waals surface area contributed by atoms with Crippen LogP contribution in [0.5, 0.6) is 5.75 Å². The fourth-order valence-electron chi connectivity index (χ4n) is 2.70. The monoisotopic (exact) mass is 444 g/mol. The van der Waals surface area contributed by atoms with Gasteiger partial charge in [-0.1, -0.05) is 41.9 Å². The van der Waals surface area contributed by atoms with Gasteiger partial charge in [0, 0.05) is 16.8 Å². The minimum Gasteiger partial charge on any atom is -0.484 e. The van der Waals surface area contributed by atoms with Crippen molar-refractivity contribution >= 4 is 33.2 Å². The second-order valence-corrected chi connectivity index (χ2v) is 8.72. The van der Waals surface area contributed by atoms with E-state index in [2.05, 4.69) is 10.0 Å². The van der Waals surface area contributed by atoms with Gasteiger partial charge in [0.25, 0.3) is 5.91 Å². The first kappa shape index (κ1) is 21.8. The van der Waals surface area contributed by atoms with E-state index in [-0.39, 0.29) is 23.5 Å². The van der Waals surface area contributed by atoms with Crippen LogP contribution in [0.15, 0.2) is 83.8 Å². The SMILES string of the molecule is C[C@H](NS(=O)(=O)c1ccc(OCC(=O)Nc2ccc(Cl)cc2)cc1)c1ccccc1. The molecule has 30 heavy (non-hydrogen) atoms. The van der Waals surface area contributed by atoms with Crippen LogP contribution >= 0.6 is 11.6 Å². The highest BCUT2D eigenvalue weighted by molar-refractivity contribution is 7.89. The van der Waals surface area contributed by atoms with E-state index in [1.165, 1.54) is 24.3 Å². The molecule has 0 aromatic heterocycles. The first-order chi connectivity index (χ1) is 14.3. The second-order valence-electron chi connectivity index (χ2n) is 6.57. The van der Waals surface area contributed by atoms with Crippen LogP contribution in [0.1, 0.15) is 18.5 Å². The Bertz CT molecular complexity index is 1090. The summed E-state index contributed by atoms with van der Waals surface area (Å²) >= 11 is 5.81. The molecular formula is C22H21ClN2O4S. The fourth-order valence-corrected chi connectivity index (χ4v) is 4.06. The molecule has 0 spiro atoms. The number of rotatable bonds is 8. The second kappa shape index (κ2) is 9.75. The highest BCUT2D eigenvalue weighted by atomic mass is 35.5. The summed E-state index contributed by atoms with van der Waals surface area (Å²) in [6.07, 6.45) is 0. The molecule has 0 bridgehead atoms. The quantitative estimate of drug-likeness (QED) is 0.539. The molecule has 0 heterocycles. The molecule has 0 saturated carbocycles. The largest absolute Gasteiger partial charge is 0.484 e. The van der Waals surface area contributed by atoms with Gasteiger partial charge in [-0.3, -0.25) is 4.79 Å². The zero-order chi connectivity index (χ0) is 21.6. The molecular weight excluding hydrogens is 424 g/mol. The van der Waals surface area contributed by atoms with Gasteiger partial charge in [0.2, 0.25) is 10.0 Å². The van der Waals surface area contributed by atoms with Crippen LogP contribution in [0.25, 0.3) is 0 Å². The van der Waals surface area contributed by atoms with Crippen LogP contribution in [0.2, 0.25) is 5.02 Å². The maximum atomic E-state index is 12.6. The fraction of sp³-hybridized carbons (Fsp3) is 0.136. The van der Waals surface area contributed by atoms with Gasteiger partial charge in [-0.05, 0) is 61.0 Å². The van der Waals surface area contributed by atoms with E-state index < -0.39 is 10.0 Å². The highest BCUT2D eigenvalue weighted by Crippen LogP contribution is 2.20. The Balaban J connectivity index is 1.56. The van der Waals surface area contributed by atoms with Gasteiger partial charge in [0.1, 0.15) is 5.75 Å². The number of ether oxygens (including phenoxy) is 1. The summed E-state index contributed by atoms with van der Waals surface area (Å²) < 4.78 is 33.3. The lowest BCUT2D eigenvalue weighted by Gasteiger charge is -2.15. The first-order valence-corrected chi connectivity index (χ1v) is 11.1. The third kappa shape index (κ3) is 6.06. The van der Waals surface area contributed by atoms with Crippen LogP contribution in [0.4, 0.5) is 5.69 Å². The lowest BCUT2D eigenvalue weighted by Crippen LogP contribution is -2.26. The molecule has 0 fully saturated rings. The number of carbonyl (C=O) groups is 1. The van der Waals surface area contributed by atoms with Gasteiger partial charge in [-0.2, -0.15) is 0 Å². The number of halogens is 1. The Morgan fingerprint density at radius 3 is 2.23 bits per heavy atom. The topological polar surface area (TPSA) is 84.5 Å². The zero-order valence-electron chi connectivity index (χ0n) is 16.2. The normalized spacial score (nSPS) is 12.2. The summed E-state index contributed by atoms with van der Waals surface area (Å²) in [5.74, 6) is 0.0451. The molecule has 2 N–H and O–H groups in total. The van der Waals surface area contributed by atoms with Crippen LogP contribution < -0.4 is 14.8 Å². The van der Waals surface area contributed by atoms with Crippen molar-refractivity contribution in [3.8, 4) is 5.75 Å². The number of hydrogen-bond donors (Lipinski definition) is 2. The van der Waals surface area contributed by atoms with Crippen molar-refractivity contribution in [3.63, 3.8) is 0 Å². The molecule has 0 radical (unpaired) electrons. The zero-order valence-corrected chi connectivity index (χ0v) is 17.8. The maximum absolute atomic E-state index is 12.6. The van der Waals surface area contributed by atoms with Gasteiger partial charge in [0.05, 0.1) is 4.90 Å². The molecule has 1 amide bonds. The summed E-state index contributed by atoms with van der Waals surface area (Å²) in [4.78, 5) is 12.1. The number of nitrogens with one attached hydrogen (secondary N) is 2. The minimum atomic E-state index is -3.70. The van der Waals surface area contributed by atoms with Crippen LogP contribution in [-0.4, -0.2) is 20.9 Å². The lowest BCUT2D eigenvalue weighted by molar-refractivity contribution is -0.118. The highest BCUT2D eigenvalue weighted by Gasteiger charge is 2.18. The van der Waals surface area contributed by atoms with Gasteiger partial charge < -0.3 is 10.1 Å². The van der Waals surface area contributed by atoms with Crippen LogP contribution in [-0.2, 0) is 14.8 Å². The Morgan fingerprint density at radius 1 is 0.967 bits per heavy atom. The summed E-state index contributed by atoms with van der Waals surface area (Å²) in [6, 6.07) is 21.5. The third-order valence-electron chi connectivity index (χ3n) is 4.26. The van der Waals surface area contributed by atoms with E-state index in [1.54, 1.807) is 31.2 Å². The molecule has 3 aromatic rings. The van der Waals surface area contributed by atoms with E-state index >= 15 is 0 Å². The van der Waals surface area contributed by atoms with Crippen LogP contribution in [0, 0.1) is 0 Å². The summed E-state index contributed by atoms with van der Waals surface area (Å²) in [5.41, 5.74) is 1.47. The molecule has 0 aliphatic carbocycles. The van der Waals surface area contributed by atoms with Gasteiger partial charge in [-0.25, -0.2) is 13.1 Å². The number of amides is 1. The third-order valence-corrected chi connectivity index (χ3v) is 6.07. The molecule has 0 aliphatic rings. The standard InChI is InChI=1S/C22H21ClN2O4S/c1-16(17-5-3-2-4-6-17)25-30(27,28)21-13-11-20(12-14-21)29-15-22(26)24-19-9-7-18(23)8-10-19/h2-14,16,25H,15H2,1H3,(H,24,26)/t16-/m0/s1. The number of hydrogen-bond acceptors (Lipinski definition) is 4. The van der Waals surface area contributed by atoms with Crippen molar-refractivity contribution < 1.29 is 17.9 Å². The Kier molecular flexibility index (Phi) is 7.10. The molecule has 3 rings (SSSR count). The first-order valence-electron chi connectivity index (χ1n) is 9.19. The number of carbonyl (C=O) groups excluding carboxylic acids is 1. The van der Waals surface area contributed by atoms with Crippen molar-refractivity contribution in [1.82, 2.24) is 4.72 Å². The predicted molar refractivity (Wildman–Crippen MR) is 117 cm³/mol. The van der Waals surface area contributed by atoms with Gasteiger partial charge in [-0.15, -0.1) is 0 Å². The van der Waals surface area contributed by atoms with Crippen molar-refractivity contribution in [2.45, 2.75) is 17.9 Å². The average Bonchev–Trinajstić information content (AvgIpc) is 2.74. The maximum Gasteiger partial charge on any atom is 0.262 e. The molecule has 0 aliphatic heterocycles. The van der Waals surface area contributed by atoms with E-state index in [0.29, 0.717) is 16.5 Å². The molecule has 0 saturated heterocycles. The molecule has 156 valence electrons. The molecule has 0 unspecified atom stereocenters. The van der Waals surface area contributed by atoms with Gasteiger partial charge >= 0.3 is 0 Å². The van der Waals surface area contributed by atoms with Crippen molar-refractivity contribution in [2.24, 2.45) is 0 Å². The Hall–Kier alpha value is -2.87. The smallest absolute Gasteiger partial charge is 0.262 e. The van der Waals surface area contributed by atoms with Crippen LogP contribution in [0.3, 0.4) is 0 Å². The molecule has 3 aromatic carbocycles. The van der Waals surface area contributed by atoms with E-state index in [9.17, 15) is 13.2 Å². The molecule has 8 heteroatoms. The Morgan fingerprint density at radius 2 is 1.60 bits per heavy atom. The summed E-state index contributed by atoms with van der Waals surface area (Å²) in [5, 5.41) is 3.26. The lowest BCUT2D eigenvalue weighted by atomic mass is 10.1. The average molecular weight is 445 g/mol. The predicted octanol–water partition coefficient (Wildman–Crippen LogP) is 4.40.